The van der Waals surface area contributed by atoms with Gasteiger partial charge in [0, 0.05) is 6.54 Å². The zero-order valence-corrected chi connectivity index (χ0v) is 13.1. The predicted octanol–water partition coefficient (Wildman–Crippen LogP) is 1.89. The van der Waals surface area contributed by atoms with Gasteiger partial charge in [-0.1, -0.05) is 39.4 Å². The molecule has 1 fully saturated rings. The Morgan fingerprint density at radius 2 is 2.00 bits per heavy atom. The van der Waals surface area contributed by atoms with E-state index in [0.717, 1.165) is 19.3 Å². The topological polar surface area (TPSA) is 63.4 Å². The summed E-state index contributed by atoms with van der Waals surface area (Å²) in [5, 5.41) is 0. The molecule has 1 atom stereocenters. The molecule has 0 aromatic heterocycles. The number of thiocarbonyl (C=S) groups is 1. The minimum atomic E-state index is -3.24. The van der Waals surface area contributed by atoms with Gasteiger partial charge < -0.3 is 5.73 Å². The van der Waals surface area contributed by atoms with E-state index >= 15 is 0 Å². The normalized spacial score (nSPS) is 22.9. The van der Waals surface area contributed by atoms with E-state index in [2.05, 4.69) is 0 Å². The fourth-order valence-corrected chi connectivity index (χ4v) is 4.51. The second-order valence-electron chi connectivity index (χ2n) is 6.15. The molecule has 1 saturated heterocycles. The van der Waals surface area contributed by atoms with Crippen molar-refractivity contribution in [2.24, 2.45) is 11.1 Å². The highest BCUT2D eigenvalue weighted by Gasteiger charge is 2.34. The van der Waals surface area contributed by atoms with Gasteiger partial charge in [0.15, 0.2) is 0 Å². The standard InChI is InChI=1S/C12H24N2O2S2/c1-12(2,3)7-9-18(15,16)14-8-5-4-6-10(14)11(13)17/h10H,4-9H2,1-3H3,(H2,13,17). The maximum absolute atomic E-state index is 12.4. The fraction of sp³-hybridized carbons (Fsp3) is 0.917. The lowest BCUT2D eigenvalue weighted by atomic mass is 9.94. The smallest absolute Gasteiger partial charge is 0.214 e. The zero-order valence-electron chi connectivity index (χ0n) is 11.5. The maximum atomic E-state index is 12.4. The summed E-state index contributed by atoms with van der Waals surface area (Å²) >= 11 is 4.99. The van der Waals surface area contributed by atoms with Crippen LogP contribution in [0, 0.1) is 5.41 Å². The molecule has 0 saturated carbocycles. The third-order valence-electron chi connectivity index (χ3n) is 3.25. The van der Waals surface area contributed by atoms with Crippen LogP contribution in [0.5, 0.6) is 0 Å². The Labute approximate surface area is 116 Å². The van der Waals surface area contributed by atoms with Crippen LogP contribution in [-0.2, 0) is 10.0 Å². The number of nitrogens with zero attached hydrogens (tertiary/aromatic N) is 1. The average Bonchev–Trinajstić information content (AvgIpc) is 2.26. The van der Waals surface area contributed by atoms with Crippen molar-refractivity contribution in [1.29, 1.82) is 0 Å². The Hall–Kier alpha value is -0.200. The van der Waals surface area contributed by atoms with Gasteiger partial charge in [-0.2, -0.15) is 4.31 Å². The van der Waals surface area contributed by atoms with E-state index in [4.69, 9.17) is 18.0 Å². The van der Waals surface area contributed by atoms with Gasteiger partial charge in [-0.15, -0.1) is 0 Å². The summed E-state index contributed by atoms with van der Waals surface area (Å²) in [6.07, 6.45) is 3.29. The van der Waals surface area contributed by atoms with Gasteiger partial charge in [0.2, 0.25) is 10.0 Å². The summed E-state index contributed by atoms with van der Waals surface area (Å²) in [4.78, 5) is 0.300. The Morgan fingerprint density at radius 1 is 1.39 bits per heavy atom. The molecule has 0 aliphatic carbocycles. The van der Waals surface area contributed by atoms with Gasteiger partial charge in [-0.05, 0) is 24.7 Å². The number of rotatable bonds is 4. The molecule has 1 heterocycles. The lowest BCUT2D eigenvalue weighted by Gasteiger charge is -2.34. The van der Waals surface area contributed by atoms with Crippen molar-refractivity contribution >= 4 is 27.2 Å². The molecule has 0 spiro atoms. The molecule has 1 rings (SSSR count). The number of hydrogen-bond donors (Lipinski definition) is 1. The van der Waals surface area contributed by atoms with E-state index in [9.17, 15) is 8.42 Å². The lowest BCUT2D eigenvalue weighted by Crippen LogP contribution is -2.50. The average molecular weight is 292 g/mol. The minimum absolute atomic E-state index is 0.0155. The molecule has 1 aliphatic heterocycles. The number of sulfonamides is 1. The van der Waals surface area contributed by atoms with E-state index in [-0.39, 0.29) is 17.2 Å². The van der Waals surface area contributed by atoms with Crippen LogP contribution in [0.25, 0.3) is 0 Å². The van der Waals surface area contributed by atoms with E-state index in [1.54, 1.807) is 0 Å². The molecule has 1 unspecified atom stereocenters. The molecule has 106 valence electrons. The molecule has 6 heteroatoms. The Bertz CT molecular complexity index is 399. The highest BCUT2D eigenvalue weighted by molar-refractivity contribution is 7.89. The Balaban J connectivity index is 2.78. The van der Waals surface area contributed by atoms with E-state index in [1.807, 2.05) is 20.8 Å². The molecule has 2 N–H and O–H groups in total. The second-order valence-corrected chi connectivity index (χ2v) is 8.66. The molecule has 4 nitrogen and oxygen atoms in total. The van der Waals surface area contributed by atoms with Crippen molar-refractivity contribution in [3.8, 4) is 0 Å². The van der Waals surface area contributed by atoms with Gasteiger partial charge in [0.25, 0.3) is 0 Å². The van der Waals surface area contributed by atoms with Crippen LogP contribution in [0.15, 0.2) is 0 Å². The molecule has 0 bridgehead atoms. The number of nitrogens with two attached hydrogens (primary N) is 1. The van der Waals surface area contributed by atoms with Gasteiger partial charge in [-0.25, -0.2) is 8.42 Å². The monoisotopic (exact) mass is 292 g/mol. The summed E-state index contributed by atoms with van der Waals surface area (Å²) in [6.45, 7) is 6.69. The van der Waals surface area contributed by atoms with Crippen LogP contribution in [0.2, 0.25) is 0 Å². The Kier molecular flexibility index (Phi) is 5.14. The molecular weight excluding hydrogens is 268 g/mol. The summed E-state index contributed by atoms with van der Waals surface area (Å²) in [5.41, 5.74) is 5.68. The first kappa shape index (κ1) is 15.9. The molecule has 18 heavy (non-hydrogen) atoms. The summed E-state index contributed by atoms with van der Waals surface area (Å²) in [7, 11) is -3.24. The molecular formula is C12H24N2O2S2. The van der Waals surface area contributed by atoms with Gasteiger partial charge >= 0.3 is 0 Å². The molecule has 0 amide bonds. The van der Waals surface area contributed by atoms with Crippen molar-refractivity contribution in [2.75, 3.05) is 12.3 Å². The predicted molar refractivity (Wildman–Crippen MR) is 79.0 cm³/mol. The van der Waals surface area contributed by atoms with Crippen molar-refractivity contribution in [3.63, 3.8) is 0 Å². The fourth-order valence-electron chi connectivity index (χ4n) is 2.07. The summed E-state index contributed by atoms with van der Waals surface area (Å²) in [6, 6.07) is -0.279. The zero-order chi connectivity index (χ0) is 14.0. The van der Waals surface area contributed by atoms with Crippen LogP contribution in [0.3, 0.4) is 0 Å². The first-order valence-corrected chi connectivity index (χ1v) is 8.44. The maximum Gasteiger partial charge on any atom is 0.214 e. The van der Waals surface area contributed by atoms with Gasteiger partial charge in [0.05, 0.1) is 16.8 Å². The SMILES string of the molecule is CC(C)(C)CCS(=O)(=O)N1CCCCC1C(N)=S. The van der Waals surface area contributed by atoms with Crippen molar-refractivity contribution in [2.45, 2.75) is 52.5 Å². The van der Waals surface area contributed by atoms with Crippen LogP contribution < -0.4 is 5.73 Å². The largest absolute Gasteiger partial charge is 0.392 e. The van der Waals surface area contributed by atoms with Gasteiger partial charge in [-0.3, -0.25) is 0 Å². The molecule has 0 radical (unpaired) electrons. The summed E-state index contributed by atoms with van der Waals surface area (Å²) < 4.78 is 26.2. The first-order chi connectivity index (χ1) is 8.13. The van der Waals surface area contributed by atoms with Crippen molar-refractivity contribution in [1.82, 2.24) is 4.31 Å². The van der Waals surface area contributed by atoms with Gasteiger partial charge in [0.1, 0.15) is 0 Å². The van der Waals surface area contributed by atoms with E-state index in [1.165, 1.54) is 4.31 Å². The highest BCUT2D eigenvalue weighted by Crippen LogP contribution is 2.25. The van der Waals surface area contributed by atoms with Crippen LogP contribution in [0.1, 0.15) is 46.5 Å². The number of piperidine rings is 1. The van der Waals surface area contributed by atoms with Crippen LogP contribution >= 0.6 is 12.2 Å². The first-order valence-electron chi connectivity index (χ1n) is 6.42. The highest BCUT2D eigenvalue weighted by atomic mass is 32.2. The number of hydrogen-bond acceptors (Lipinski definition) is 3. The quantitative estimate of drug-likeness (QED) is 0.804. The van der Waals surface area contributed by atoms with Crippen molar-refractivity contribution < 1.29 is 8.42 Å². The third-order valence-corrected chi connectivity index (χ3v) is 5.39. The molecule has 1 aliphatic rings. The van der Waals surface area contributed by atoms with Crippen molar-refractivity contribution in [3.05, 3.63) is 0 Å². The lowest BCUT2D eigenvalue weighted by molar-refractivity contribution is 0.302. The van der Waals surface area contributed by atoms with Crippen LogP contribution in [-0.4, -0.2) is 36.1 Å². The second kappa shape index (κ2) is 5.84. The molecule has 0 aromatic rings. The van der Waals surface area contributed by atoms with E-state index in [0.29, 0.717) is 18.0 Å². The summed E-state index contributed by atoms with van der Waals surface area (Å²) in [5.74, 6) is 0.176. The van der Waals surface area contributed by atoms with E-state index < -0.39 is 10.0 Å². The third kappa shape index (κ3) is 4.48. The minimum Gasteiger partial charge on any atom is -0.392 e. The Morgan fingerprint density at radius 3 is 2.50 bits per heavy atom. The molecule has 0 aromatic carbocycles. The van der Waals surface area contributed by atoms with Crippen LogP contribution in [0.4, 0.5) is 0 Å².